The Hall–Kier alpha value is -1.14. The molecule has 2 aromatic rings. The van der Waals surface area contributed by atoms with Crippen LogP contribution in [0.4, 0.5) is 0 Å². The van der Waals surface area contributed by atoms with Gasteiger partial charge in [-0.25, -0.2) is 9.97 Å². The van der Waals surface area contributed by atoms with E-state index < -0.39 is 0 Å². The fourth-order valence-corrected chi connectivity index (χ4v) is 2.37. The Labute approximate surface area is 105 Å². The van der Waals surface area contributed by atoms with Gasteiger partial charge in [-0.2, -0.15) is 0 Å². The molecule has 6 heteroatoms. The monoisotopic (exact) mass is 298 g/mol. The zero-order valence-corrected chi connectivity index (χ0v) is 10.7. The molecule has 0 saturated carbocycles. The van der Waals surface area contributed by atoms with Gasteiger partial charge < -0.3 is 4.42 Å². The predicted octanol–water partition coefficient (Wildman–Crippen LogP) is 3.10. The minimum atomic E-state index is 0.280. The lowest BCUT2D eigenvalue weighted by Gasteiger charge is -1.97. The van der Waals surface area contributed by atoms with E-state index in [4.69, 9.17) is 4.42 Å². The Bertz CT molecular complexity index is 527. The van der Waals surface area contributed by atoms with Crippen LogP contribution < -0.4 is 0 Å². The van der Waals surface area contributed by atoms with Crippen LogP contribution in [-0.2, 0) is 0 Å². The number of aromatic nitrogens is 2. The first-order chi connectivity index (χ1) is 7.69. The number of aryl methyl sites for hydroxylation is 1. The van der Waals surface area contributed by atoms with E-state index in [0.717, 1.165) is 10.2 Å². The van der Waals surface area contributed by atoms with Crippen molar-refractivity contribution in [3.8, 4) is 0 Å². The molecule has 0 aliphatic heterocycles. The van der Waals surface area contributed by atoms with Crippen molar-refractivity contribution in [2.24, 2.45) is 0 Å². The Morgan fingerprint density at radius 3 is 3.00 bits per heavy atom. The second-order valence-electron chi connectivity index (χ2n) is 2.98. The van der Waals surface area contributed by atoms with E-state index in [-0.39, 0.29) is 5.76 Å². The van der Waals surface area contributed by atoms with Crippen LogP contribution in [0.5, 0.6) is 0 Å². The number of nitrogens with zero attached hydrogens (tertiary/aromatic N) is 2. The smallest absolute Gasteiger partial charge is 0.195 e. The Balaban J connectivity index is 2.26. The van der Waals surface area contributed by atoms with Crippen molar-refractivity contribution >= 4 is 34.0 Å². The number of hydrogen-bond acceptors (Lipinski definition) is 5. The second-order valence-corrected chi connectivity index (χ2v) is 4.78. The molecule has 0 aromatic carbocycles. The molecule has 82 valence electrons. The summed E-state index contributed by atoms with van der Waals surface area (Å²) in [6.45, 7) is 1.89. The minimum Gasteiger partial charge on any atom is -0.445 e. The van der Waals surface area contributed by atoms with Gasteiger partial charge in [-0.3, -0.25) is 4.79 Å². The summed E-state index contributed by atoms with van der Waals surface area (Å²) < 4.78 is 6.00. The first-order valence-electron chi connectivity index (χ1n) is 4.41. The molecule has 0 aliphatic carbocycles. The first kappa shape index (κ1) is 11.3. The average Bonchev–Trinajstić information content (AvgIpc) is 2.60. The summed E-state index contributed by atoms with van der Waals surface area (Å²) in [5, 5.41) is 1.17. The van der Waals surface area contributed by atoms with Crippen LogP contribution in [-0.4, -0.2) is 16.3 Å². The molecule has 0 amide bonds. The Morgan fingerprint density at radius 1 is 1.56 bits per heavy atom. The molecule has 4 nitrogen and oxygen atoms in total. The lowest BCUT2D eigenvalue weighted by atomic mass is 10.5. The topological polar surface area (TPSA) is 56.0 Å². The molecule has 0 bridgehead atoms. The van der Waals surface area contributed by atoms with Crippen molar-refractivity contribution in [3.05, 3.63) is 34.3 Å². The molecule has 0 fully saturated rings. The lowest BCUT2D eigenvalue weighted by molar-refractivity contribution is 0.109. The number of aldehydes is 1. The standard InChI is InChI=1S/C10H7BrN2O2S/c1-6-2-3-12-10(13-6)16-9-8(11)4-7(5-14)15-9/h2-5H,1H3. The van der Waals surface area contributed by atoms with Gasteiger partial charge in [0.1, 0.15) is 0 Å². The molecular formula is C10H7BrN2O2S. The zero-order chi connectivity index (χ0) is 11.5. The van der Waals surface area contributed by atoms with Gasteiger partial charge in [0.05, 0.1) is 4.47 Å². The van der Waals surface area contributed by atoms with Crippen LogP contribution in [0.1, 0.15) is 16.2 Å². The maximum atomic E-state index is 10.5. The predicted molar refractivity (Wildman–Crippen MR) is 62.7 cm³/mol. The molecule has 0 aliphatic rings. The van der Waals surface area contributed by atoms with E-state index in [1.807, 2.05) is 13.0 Å². The molecule has 0 saturated heterocycles. The number of carbonyl (C=O) groups excluding carboxylic acids is 1. The third-order valence-corrected chi connectivity index (χ3v) is 3.47. The van der Waals surface area contributed by atoms with Gasteiger partial charge in [0.15, 0.2) is 22.3 Å². The van der Waals surface area contributed by atoms with E-state index in [1.54, 1.807) is 12.3 Å². The molecular weight excluding hydrogens is 292 g/mol. The van der Waals surface area contributed by atoms with Crippen molar-refractivity contribution in [2.45, 2.75) is 17.2 Å². The van der Waals surface area contributed by atoms with Crippen LogP contribution >= 0.6 is 27.7 Å². The highest BCUT2D eigenvalue weighted by Gasteiger charge is 2.11. The van der Waals surface area contributed by atoms with Gasteiger partial charge in [-0.15, -0.1) is 0 Å². The van der Waals surface area contributed by atoms with Crippen LogP contribution in [0.2, 0.25) is 0 Å². The fourth-order valence-electron chi connectivity index (χ4n) is 1.05. The quantitative estimate of drug-likeness (QED) is 0.644. The fraction of sp³-hybridized carbons (Fsp3) is 0.100. The van der Waals surface area contributed by atoms with Crippen molar-refractivity contribution in [1.29, 1.82) is 0 Å². The van der Waals surface area contributed by atoms with Crippen molar-refractivity contribution in [2.75, 3.05) is 0 Å². The van der Waals surface area contributed by atoms with E-state index in [9.17, 15) is 4.79 Å². The zero-order valence-electron chi connectivity index (χ0n) is 8.31. The molecule has 0 spiro atoms. The average molecular weight is 299 g/mol. The molecule has 2 aromatic heterocycles. The summed E-state index contributed by atoms with van der Waals surface area (Å²) in [6, 6.07) is 3.43. The molecule has 16 heavy (non-hydrogen) atoms. The van der Waals surface area contributed by atoms with Crippen LogP contribution in [0.15, 0.2) is 37.5 Å². The maximum absolute atomic E-state index is 10.5. The van der Waals surface area contributed by atoms with Crippen LogP contribution in [0, 0.1) is 6.92 Å². The van der Waals surface area contributed by atoms with Crippen LogP contribution in [0.3, 0.4) is 0 Å². The Morgan fingerprint density at radius 2 is 2.38 bits per heavy atom. The summed E-state index contributed by atoms with van der Waals surface area (Å²) >= 11 is 4.57. The highest BCUT2D eigenvalue weighted by molar-refractivity contribution is 9.10. The summed E-state index contributed by atoms with van der Waals surface area (Å²) in [5.41, 5.74) is 0.885. The number of carbonyl (C=O) groups is 1. The SMILES string of the molecule is Cc1ccnc(Sc2oc(C=O)cc2Br)n1. The maximum Gasteiger partial charge on any atom is 0.195 e. The number of furan rings is 1. The Kier molecular flexibility index (Phi) is 3.40. The number of hydrogen-bond donors (Lipinski definition) is 0. The largest absolute Gasteiger partial charge is 0.445 e. The summed E-state index contributed by atoms with van der Waals surface area (Å²) in [5.74, 6) is 0.280. The van der Waals surface area contributed by atoms with Gasteiger partial charge in [0.25, 0.3) is 0 Å². The highest BCUT2D eigenvalue weighted by atomic mass is 79.9. The number of rotatable bonds is 3. The van der Waals surface area contributed by atoms with Gasteiger partial charge in [0.2, 0.25) is 0 Å². The summed E-state index contributed by atoms with van der Waals surface area (Å²) in [7, 11) is 0. The molecule has 0 N–H and O–H groups in total. The van der Waals surface area contributed by atoms with E-state index >= 15 is 0 Å². The van der Waals surface area contributed by atoms with E-state index in [0.29, 0.717) is 16.5 Å². The molecule has 0 unspecified atom stereocenters. The third-order valence-electron chi connectivity index (χ3n) is 1.75. The van der Waals surface area contributed by atoms with Crippen LogP contribution in [0.25, 0.3) is 0 Å². The van der Waals surface area contributed by atoms with Gasteiger partial charge in [0, 0.05) is 18.0 Å². The summed E-state index contributed by atoms with van der Waals surface area (Å²) in [6.07, 6.45) is 2.34. The molecule has 2 rings (SSSR count). The van der Waals surface area contributed by atoms with Gasteiger partial charge in [-0.05, 0) is 40.7 Å². The molecule has 0 atom stereocenters. The van der Waals surface area contributed by atoms with E-state index in [1.165, 1.54) is 11.8 Å². The third kappa shape index (κ3) is 2.51. The van der Waals surface area contributed by atoms with E-state index in [2.05, 4.69) is 25.9 Å². The van der Waals surface area contributed by atoms with Gasteiger partial charge in [-0.1, -0.05) is 0 Å². The molecule has 2 heterocycles. The normalized spacial score (nSPS) is 10.4. The van der Waals surface area contributed by atoms with Gasteiger partial charge >= 0.3 is 0 Å². The second kappa shape index (κ2) is 4.80. The minimum absolute atomic E-state index is 0.280. The van der Waals surface area contributed by atoms with Crippen molar-refractivity contribution in [1.82, 2.24) is 9.97 Å². The van der Waals surface area contributed by atoms with Crippen molar-refractivity contribution < 1.29 is 9.21 Å². The number of halogens is 1. The molecule has 0 radical (unpaired) electrons. The lowest BCUT2D eigenvalue weighted by Crippen LogP contribution is -1.87. The highest BCUT2D eigenvalue weighted by Crippen LogP contribution is 2.33. The van der Waals surface area contributed by atoms with Crippen molar-refractivity contribution in [3.63, 3.8) is 0 Å². The first-order valence-corrected chi connectivity index (χ1v) is 6.02. The summed E-state index contributed by atoms with van der Waals surface area (Å²) in [4.78, 5) is 18.8.